The number of anilines is 1. The molecule has 0 aliphatic carbocycles. The fourth-order valence-corrected chi connectivity index (χ4v) is 1.91. The minimum absolute atomic E-state index is 0.168. The second kappa shape index (κ2) is 9.37. The number of carbonyl (C=O) groups excluding carboxylic acids is 2. The first-order valence-corrected chi connectivity index (χ1v) is 7.32. The summed E-state index contributed by atoms with van der Waals surface area (Å²) in [7, 11) is 1.59. The smallest absolute Gasteiger partial charge is 0.253 e. The predicted molar refractivity (Wildman–Crippen MR) is 83.8 cm³/mol. The summed E-state index contributed by atoms with van der Waals surface area (Å²) in [5.74, 6) is -0.389. The Bertz CT molecular complexity index is 492. The minimum atomic E-state index is -0.222. The van der Waals surface area contributed by atoms with Gasteiger partial charge in [-0.3, -0.25) is 9.59 Å². The molecule has 1 rings (SSSR count). The molecule has 0 saturated carbocycles. The van der Waals surface area contributed by atoms with E-state index in [2.05, 4.69) is 10.6 Å². The molecule has 21 heavy (non-hydrogen) atoms. The zero-order valence-corrected chi connectivity index (χ0v) is 13.1. The highest BCUT2D eigenvalue weighted by Crippen LogP contribution is 2.21. The first kappa shape index (κ1) is 17.5. The molecular formula is C15H21ClN2O3. The molecule has 0 aromatic heterocycles. The van der Waals surface area contributed by atoms with Gasteiger partial charge in [0.15, 0.2) is 0 Å². The van der Waals surface area contributed by atoms with Gasteiger partial charge >= 0.3 is 0 Å². The maximum atomic E-state index is 12.1. The summed E-state index contributed by atoms with van der Waals surface area (Å²) in [6.07, 6.45) is 1.80. The van der Waals surface area contributed by atoms with Crippen LogP contribution in [0.2, 0.25) is 5.02 Å². The van der Waals surface area contributed by atoms with E-state index in [1.807, 2.05) is 6.92 Å². The van der Waals surface area contributed by atoms with E-state index in [9.17, 15) is 9.59 Å². The van der Waals surface area contributed by atoms with Gasteiger partial charge in [0.1, 0.15) is 0 Å². The Kier molecular flexibility index (Phi) is 7.79. The highest BCUT2D eigenvalue weighted by Gasteiger charge is 2.13. The molecule has 0 aliphatic rings. The summed E-state index contributed by atoms with van der Waals surface area (Å²) >= 11 is 5.93. The zero-order chi connectivity index (χ0) is 15.7. The van der Waals surface area contributed by atoms with Gasteiger partial charge in [0.2, 0.25) is 5.91 Å². The number of amides is 2. The lowest BCUT2D eigenvalue weighted by Gasteiger charge is -2.11. The molecule has 116 valence electrons. The number of ether oxygens (including phenoxy) is 1. The monoisotopic (exact) mass is 312 g/mol. The van der Waals surface area contributed by atoms with Crippen molar-refractivity contribution in [3.05, 3.63) is 28.8 Å². The number of benzene rings is 1. The van der Waals surface area contributed by atoms with Crippen LogP contribution in [-0.4, -0.2) is 32.1 Å². The first-order valence-electron chi connectivity index (χ1n) is 6.95. The van der Waals surface area contributed by atoms with Crippen LogP contribution in [0.15, 0.2) is 18.2 Å². The Morgan fingerprint density at radius 1 is 1.33 bits per heavy atom. The van der Waals surface area contributed by atoms with Gasteiger partial charge in [-0.15, -0.1) is 0 Å². The van der Waals surface area contributed by atoms with Gasteiger partial charge in [0, 0.05) is 31.7 Å². The molecule has 6 heteroatoms. The van der Waals surface area contributed by atoms with Gasteiger partial charge in [0.25, 0.3) is 5.91 Å². The number of halogens is 1. The van der Waals surface area contributed by atoms with Gasteiger partial charge < -0.3 is 15.4 Å². The van der Waals surface area contributed by atoms with Crippen molar-refractivity contribution in [2.45, 2.75) is 26.2 Å². The Hall–Kier alpha value is -1.59. The second-order valence-electron chi connectivity index (χ2n) is 4.59. The van der Waals surface area contributed by atoms with Crippen molar-refractivity contribution < 1.29 is 14.3 Å². The van der Waals surface area contributed by atoms with Gasteiger partial charge in [0.05, 0.1) is 11.3 Å². The van der Waals surface area contributed by atoms with Crippen LogP contribution in [0.4, 0.5) is 5.69 Å². The molecule has 0 bridgehead atoms. The molecule has 2 amide bonds. The van der Waals surface area contributed by atoms with Crippen molar-refractivity contribution in [3.8, 4) is 0 Å². The summed E-state index contributed by atoms with van der Waals surface area (Å²) < 4.78 is 4.90. The zero-order valence-electron chi connectivity index (χ0n) is 12.4. The molecule has 0 fully saturated rings. The van der Waals surface area contributed by atoms with Crippen molar-refractivity contribution >= 4 is 29.1 Å². The highest BCUT2D eigenvalue weighted by molar-refractivity contribution is 6.31. The van der Waals surface area contributed by atoms with E-state index in [0.29, 0.717) is 42.3 Å². The van der Waals surface area contributed by atoms with Crippen LogP contribution in [0.3, 0.4) is 0 Å². The number of hydrogen-bond acceptors (Lipinski definition) is 3. The second-order valence-corrected chi connectivity index (χ2v) is 5.03. The SMILES string of the molecule is CCCNC(=O)c1ccc(Cl)cc1NC(=O)CCCOC. The summed E-state index contributed by atoms with van der Waals surface area (Å²) in [4.78, 5) is 23.9. The topological polar surface area (TPSA) is 67.4 Å². The van der Waals surface area contributed by atoms with Crippen LogP contribution in [0.25, 0.3) is 0 Å². The third kappa shape index (κ3) is 6.14. The van der Waals surface area contributed by atoms with Crippen LogP contribution < -0.4 is 10.6 Å². The molecule has 1 aromatic rings. The van der Waals surface area contributed by atoms with E-state index in [1.165, 1.54) is 0 Å². The quantitative estimate of drug-likeness (QED) is 0.725. The van der Waals surface area contributed by atoms with Gasteiger partial charge in [-0.05, 0) is 31.0 Å². The van der Waals surface area contributed by atoms with E-state index in [1.54, 1.807) is 25.3 Å². The van der Waals surface area contributed by atoms with Crippen LogP contribution in [0.5, 0.6) is 0 Å². The van der Waals surface area contributed by atoms with E-state index >= 15 is 0 Å². The van der Waals surface area contributed by atoms with E-state index in [4.69, 9.17) is 16.3 Å². The Morgan fingerprint density at radius 2 is 2.10 bits per heavy atom. The lowest BCUT2D eigenvalue weighted by Crippen LogP contribution is -2.25. The van der Waals surface area contributed by atoms with Crippen molar-refractivity contribution in [2.75, 3.05) is 25.6 Å². The van der Waals surface area contributed by atoms with E-state index in [0.717, 1.165) is 6.42 Å². The Labute approximate surface area is 130 Å². The van der Waals surface area contributed by atoms with Crippen LogP contribution >= 0.6 is 11.6 Å². The molecule has 2 N–H and O–H groups in total. The molecule has 0 atom stereocenters. The Morgan fingerprint density at radius 3 is 2.76 bits per heavy atom. The third-order valence-electron chi connectivity index (χ3n) is 2.79. The normalized spacial score (nSPS) is 10.2. The molecule has 0 heterocycles. The molecular weight excluding hydrogens is 292 g/mol. The van der Waals surface area contributed by atoms with Gasteiger partial charge in [-0.1, -0.05) is 18.5 Å². The van der Waals surface area contributed by atoms with Gasteiger partial charge in [-0.2, -0.15) is 0 Å². The summed E-state index contributed by atoms with van der Waals surface area (Å²) in [5.41, 5.74) is 0.839. The lowest BCUT2D eigenvalue weighted by atomic mass is 10.1. The van der Waals surface area contributed by atoms with Gasteiger partial charge in [-0.25, -0.2) is 0 Å². The van der Waals surface area contributed by atoms with E-state index < -0.39 is 0 Å². The lowest BCUT2D eigenvalue weighted by molar-refractivity contribution is -0.116. The fraction of sp³-hybridized carbons (Fsp3) is 0.467. The van der Waals surface area contributed by atoms with Crippen LogP contribution in [-0.2, 0) is 9.53 Å². The van der Waals surface area contributed by atoms with Crippen molar-refractivity contribution in [2.24, 2.45) is 0 Å². The first-order chi connectivity index (χ1) is 10.1. The molecule has 5 nitrogen and oxygen atoms in total. The van der Waals surface area contributed by atoms with E-state index in [-0.39, 0.29) is 11.8 Å². The molecule has 0 spiro atoms. The number of carbonyl (C=O) groups is 2. The maximum Gasteiger partial charge on any atom is 0.253 e. The number of methoxy groups -OCH3 is 1. The minimum Gasteiger partial charge on any atom is -0.385 e. The number of rotatable bonds is 8. The summed E-state index contributed by atoms with van der Waals surface area (Å²) in [5, 5.41) is 5.98. The molecule has 0 saturated heterocycles. The molecule has 0 radical (unpaired) electrons. The maximum absolute atomic E-state index is 12.1. The van der Waals surface area contributed by atoms with Crippen molar-refractivity contribution in [1.29, 1.82) is 0 Å². The van der Waals surface area contributed by atoms with Crippen molar-refractivity contribution in [3.63, 3.8) is 0 Å². The summed E-state index contributed by atoms with van der Waals surface area (Å²) in [6, 6.07) is 4.82. The van der Waals surface area contributed by atoms with Crippen LogP contribution in [0, 0.1) is 0 Å². The third-order valence-corrected chi connectivity index (χ3v) is 3.02. The average Bonchev–Trinajstić information content (AvgIpc) is 2.45. The average molecular weight is 313 g/mol. The molecule has 1 aromatic carbocycles. The van der Waals surface area contributed by atoms with Crippen molar-refractivity contribution in [1.82, 2.24) is 5.32 Å². The summed E-state index contributed by atoms with van der Waals surface area (Å²) in [6.45, 7) is 3.08. The molecule has 0 unspecified atom stereocenters. The largest absolute Gasteiger partial charge is 0.385 e. The number of nitrogens with one attached hydrogen (secondary N) is 2. The van der Waals surface area contributed by atoms with Crippen LogP contribution in [0.1, 0.15) is 36.5 Å². The standard InChI is InChI=1S/C15H21ClN2O3/c1-3-8-17-15(20)12-7-6-11(16)10-13(12)18-14(19)5-4-9-21-2/h6-7,10H,3-5,8-9H2,1-2H3,(H,17,20)(H,18,19). The Balaban J connectivity index is 2.77. The predicted octanol–water partition coefficient (Wildman–Crippen LogP) is 2.84. The fourth-order valence-electron chi connectivity index (χ4n) is 1.74. The molecule has 0 aliphatic heterocycles. The number of hydrogen-bond donors (Lipinski definition) is 2. The highest BCUT2D eigenvalue weighted by atomic mass is 35.5.